The van der Waals surface area contributed by atoms with Gasteiger partial charge in [0.05, 0.1) is 39.3 Å². The van der Waals surface area contributed by atoms with Crippen LogP contribution in [0.2, 0.25) is 0 Å². The van der Waals surface area contributed by atoms with Crippen molar-refractivity contribution in [2.45, 2.75) is 26.4 Å². The zero-order valence-electron chi connectivity index (χ0n) is 22.9. The first-order valence-corrected chi connectivity index (χ1v) is 13.5. The molecule has 12 heteroatoms. The second-order valence-corrected chi connectivity index (χ2v) is 10.2. The second kappa shape index (κ2) is 16.8. The molecular formula is C27H43N4O8+. The summed E-state index contributed by atoms with van der Waals surface area (Å²) in [6, 6.07) is 9.35. The molecule has 1 fully saturated rings. The van der Waals surface area contributed by atoms with E-state index in [4.69, 9.17) is 4.74 Å². The third kappa shape index (κ3) is 13.0. The molecule has 0 radical (unpaired) electrons. The first-order chi connectivity index (χ1) is 18.6. The van der Waals surface area contributed by atoms with Crippen LogP contribution in [0.5, 0.6) is 0 Å². The molecule has 12 nitrogen and oxygen atoms in total. The summed E-state index contributed by atoms with van der Waals surface area (Å²) in [6.07, 6.45) is 1.70. The van der Waals surface area contributed by atoms with Gasteiger partial charge in [0, 0.05) is 39.3 Å². The summed E-state index contributed by atoms with van der Waals surface area (Å²) in [4.78, 5) is 53.0. The molecule has 0 aromatic heterocycles. The summed E-state index contributed by atoms with van der Waals surface area (Å²) in [5, 5.41) is 28.6. The maximum absolute atomic E-state index is 12.7. The number of hydrogen-bond acceptors (Lipinski definition) is 8. The van der Waals surface area contributed by atoms with Crippen LogP contribution in [-0.4, -0.2) is 143 Å². The highest BCUT2D eigenvalue weighted by molar-refractivity contribution is 5.71. The monoisotopic (exact) mass is 551 g/mol. The van der Waals surface area contributed by atoms with Crippen LogP contribution in [0.25, 0.3) is 0 Å². The lowest BCUT2D eigenvalue weighted by atomic mass is 10.2. The number of ether oxygens (including phenoxy) is 1. The molecule has 0 bridgehead atoms. The molecule has 1 atom stereocenters. The van der Waals surface area contributed by atoms with Gasteiger partial charge in [-0.05, 0) is 12.0 Å². The fourth-order valence-corrected chi connectivity index (χ4v) is 4.78. The topological polar surface area (TPSA) is 148 Å². The number of carboxylic acid groups (broad SMARTS) is 3. The van der Waals surface area contributed by atoms with Gasteiger partial charge in [0.1, 0.15) is 6.61 Å². The number of benzene rings is 1. The molecule has 1 aliphatic rings. The van der Waals surface area contributed by atoms with E-state index in [1.165, 1.54) is 0 Å². The number of esters is 1. The van der Waals surface area contributed by atoms with Crippen LogP contribution in [0.4, 0.5) is 0 Å². The number of carboxylic acids is 3. The van der Waals surface area contributed by atoms with Crippen molar-refractivity contribution in [2.75, 3.05) is 85.1 Å². The number of aliphatic carboxylic acids is 3. The van der Waals surface area contributed by atoms with E-state index in [1.54, 1.807) is 9.80 Å². The fraction of sp³-hybridized carbons (Fsp3) is 0.630. The van der Waals surface area contributed by atoms with Crippen molar-refractivity contribution in [3.8, 4) is 0 Å². The molecule has 3 N–H and O–H groups in total. The van der Waals surface area contributed by atoms with Gasteiger partial charge in [0.25, 0.3) is 0 Å². The van der Waals surface area contributed by atoms with Gasteiger partial charge < -0.3 is 24.5 Å². The van der Waals surface area contributed by atoms with Gasteiger partial charge in [-0.15, -0.1) is 0 Å². The number of quaternary nitrogens is 1. The molecule has 0 amide bonds. The molecule has 218 valence electrons. The summed E-state index contributed by atoms with van der Waals surface area (Å²) in [5.74, 6) is -3.31. The number of nitrogens with zero attached hydrogens (tertiary/aromatic N) is 4. The van der Waals surface area contributed by atoms with Crippen LogP contribution in [0.1, 0.15) is 25.3 Å². The average molecular weight is 552 g/mol. The predicted octanol–water partition coefficient (Wildman–Crippen LogP) is 0.520. The van der Waals surface area contributed by atoms with Crippen molar-refractivity contribution in [1.29, 1.82) is 0 Å². The highest BCUT2D eigenvalue weighted by Crippen LogP contribution is 2.13. The van der Waals surface area contributed by atoms with Crippen molar-refractivity contribution >= 4 is 23.9 Å². The van der Waals surface area contributed by atoms with E-state index in [9.17, 15) is 34.5 Å². The second-order valence-electron chi connectivity index (χ2n) is 10.2. The van der Waals surface area contributed by atoms with Crippen LogP contribution >= 0.6 is 0 Å². The number of unbranched alkanes of at least 4 members (excludes halogenated alkanes) is 1. The Hall–Kier alpha value is -3.06. The van der Waals surface area contributed by atoms with Gasteiger partial charge >= 0.3 is 23.9 Å². The van der Waals surface area contributed by atoms with E-state index >= 15 is 0 Å². The zero-order valence-corrected chi connectivity index (χ0v) is 22.9. The summed E-state index contributed by atoms with van der Waals surface area (Å²) < 4.78 is 5.75. The third-order valence-corrected chi connectivity index (χ3v) is 7.02. The number of carbonyl (C=O) groups is 4. The van der Waals surface area contributed by atoms with Gasteiger partial charge in [0.15, 0.2) is 6.54 Å². The highest BCUT2D eigenvalue weighted by Gasteiger charge is 2.32. The summed E-state index contributed by atoms with van der Waals surface area (Å²) in [5.41, 5.74) is 0.870. The molecule has 1 aromatic rings. The van der Waals surface area contributed by atoms with E-state index in [-0.39, 0.29) is 37.3 Å². The van der Waals surface area contributed by atoms with Crippen molar-refractivity contribution < 1.29 is 43.7 Å². The van der Waals surface area contributed by atoms with E-state index in [2.05, 4.69) is 0 Å². The minimum atomic E-state index is -0.989. The van der Waals surface area contributed by atoms with E-state index in [0.717, 1.165) is 18.4 Å². The third-order valence-electron chi connectivity index (χ3n) is 7.02. The smallest absolute Gasteiger partial charge is 0.359 e. The fourth-order valence-electron chi connectivity index (χ4n) is 4.78. The minimum Gasteiger partial charge on any atom is -0.480 e. The average Bonchev–Trinajstić information content (AvgIpc) is 2.88. The number of rotatable bonds is 13. The lowest BCUT2D eigenvalue weighted by Gasteiger charge is -2.41. The van der Waals surface area contributed by atoms with Crippen LogP contribution in [0.3, 0.4) is 0 Å². The van der Waals surface area contributed by atoms with Crippen LogP contribution < -0.4 is 0 Å². The van der Waals surface area contributed by atoms with Crippen molar-refractivity contribution in [3.05, 3.63) is 35.9 Å². The van der Waals surface area contributed by atoms with Crippen molar-refractivity contribution in [1.82, 2.24) is 14.7 Å². The van der Waals surface area contributed by atoms with Crippen LogP contribution in [-0.2, 0) is 30.5 Å². The zero-order chi connectivity index (χ0) is 28.7. The molecule has 1 unspecified atom stereocenters. The molecule has 1 aliphatic heterocycles. The Balaban J connectivity index is 2.24. The molecule has 1 heterocycles. The predicted molar refractivity (Wildman–Crippen MR) is 143 cm³/mol. The molecular weight excluding hydrogens is 508 g/mol. The number of hydrogen-bond donors (Lipinski definition) is 3. The number of carbonyl (C=O) groups excluding carboxylic acids is 1. The molecule has 0 saturated carbocycles. The molecule has 2 rings (SSSR count). The van der Waals surface area contributed by atoms with Crippen molar-refractivity contribution in [2.24, 2.45) is 0 Å². The molecule has 1 saturated heterocycles. The maximum atomic E-state index is 12.7. The van der Waals surface area contributed by atoms with Gasteiger partial charge in [-0.3, -0.25) is 29.1 Å². The van der Waals surface area contributed by atoms with Crippen LogP contribution in [0.15, 0.2) is 30.3 Å². The van der Waals surface area contributed by atoms with Gasteiger partial charge in [0.2, 0.25) is 0 Å². The Morgan fingerprint density at radius 2 is 1.28 bits per heavy atom. The minimum absolute atomic E-state index is 0.000264. The summed E-state index contributed by atoms with van der Waals surface area (Å²) >= 11 is 0. The van der Waals surface area contributed by atoms with Crippen molar-refractivity contribution in [3.63, 3.8) is 0 Å². The first-order valence-electron chi connectivity index (χ1n) is 13.5. The molecule has 1 aromatic carbocycles. The Labute approximate surface area is 229 Å². The molecule has 0 spiro atoms. The van der Waals surface area contributed by atoms with E-state index in [1.807, 2.05) is 42.2 Å². The quantitative estimate of drug-likeness (QED) is 0.233. The Kier molecular flexibility index (Phi) is 13.9. The summed E-state index contributed by atoms with van der Waals surface area (Å²) in [7, 11) is 0. The normalized spacial score (nSPS) is 20.4. The molecule has 0 aliphatic carbocycles. The Morgan fingerprint density at radius 3 is 1.77 bits per heavy atom. The van der Waals surface area contributed by atoms with Gasteiger partial charge in [-0.2, -0.15) is 0 Å². The first kappa shape index (κ1) is 32.2. The molecule has 39 heavy (non-hydrogen) atoms. The largest absolute Gasteiger partial charge is 0.480 e. The highest BCUT2D eigenvalue weighted by atomic mass is 16.5. The SMILES string of the molecule is CCCC[N+]1(CC(=O)O)CCN(CC(=O)O)CCN(CC(=O)O)CCN(CC(=O)OCc2ccccc2)CC1. The Morgan fingerprint density at radius 1 is 0.769 bits per heavy atom. The lowest BCUT2D eigenvalue weighted by Crippen LogP contribution is -2.59. The standard InChI is InChI=1S/C27H42N4O8/c1-2-3-15-31(21-26(36)37)16-13-29(19-25(34)35)11-9-28(18-24(32)33)10-12-30(14-17-31)20-27(38)39-22-23-7-5-4-6-8-23/h4-8H,2-3,9-22H2,1H3,(H2-,32,33,34,35,36,37)/p+1. The maximum Gasteiger partial charge on any atom is 0.359 e. The summed E-state index contributed by atoms with van der Waals surface area (Å²) in [6.45, 7) is 5.37. The lowest BCUT2D eigenvalue weighted by molar-refractivity contribution is -0.920. The van der Waals surface area contributed by atoms with Crippen LogP contribution in [0, 0.1) is 0 Å². The van der Waals surface area contributed by atoms with E-state index in [0.29, 0.717) is 58.9 Å². The van der Waals surface area contributed by atoms with Gasteiger partial charge in [-0.1, -0.05) is 43.7 Å². The van der Waals surface area contributed by atoms with Gasteiger partial charge in [-0.25, -0.2) is 4.79 Å². The Bertz CT molecular complexity index is 932. The van der Waals surface area contributed by atoms with E-state index < -0.39 is 23.9 Å².